The summed E-state index contributed by atoms with van der Waals surface area (Å²) >= 11 is 0. The molecule has 0 bridgehead atoms. The van der Waals surface area contributed by atoms with Crippen molar-refractivity contribution in [3.05, 3.63) is 76.9 Å². The molecule has 56 heavy (non-hydrogen) atoms. The van der Waals surface area contributed by atoms with E-state index in [1.165, 1.54) is 28.9 Å². The normalized spacial score (nSPS) is 26.0. The van der Waals surface area contributed by atoms with Gasteiger partial charge in [0.25, 0.3) is 15.9 Å². The molecule has 3 N–H and O–H groups in total. The van der Waals surface area contributed by atoms with Crippen molar-refractivity contribution >= 4 is 39.9 Å². The molecule has 5 amide bonds. The highest BCUT2D eigenvalue weighted by Crippen LogP contribution is 2.46. The number of benzene rings is 2. The van der Waals surface area contributed by atoms with Crippen molar-refractivity contribution in [2.75, 3.05) is 6.54 Å². The van der Waals surface area contributed by atoms with E-state index in [1.54, 1.807) is 39.0 Å². The number of hydrogen-bond donors (Lipinski definition) is 3. The standard InChI is InChI=1S/C39H47F2N5O9S/c1-23-15-16-27(18-30(23)41)56(52,53)44-35(49)39-19-25(39)12-8-6-5-7-9-14-31(42-36(50)55-38(2,3)4)34(48)46-21-26(17-32(46)33(47)43-39)54-37(51)45-20-24-11-10-13-29(40)28(24)22-45/h8,10-13,15-16,18,25-26,31-32H,5-7,9,14,17,19-22H2,1-4H3,(H,42,50)(H,43,47)(H,44,49)/b12-8-/t25-,26-,31+,32+,39-/m1/s1. The number of fused-ring (bicyclic) bond motifs is 3. The van der Waals surface area contributed by atoms with E-state index in [1.807, 2.05) is 10.8 Å². The number of carbonyl (C=O) groups is 5. The highest BCUT2D eigenvalue weighted by molar-refractivity contribution is 7.90. The largest absolute Gasteiger partial charge is 0.444 e. The van der Waals surface area contributed by atoms with Crippen LogP contribution in [-0.4, -0.2) is 84.0 Å². The van der Waals surface area contributed by atoms with Crippen molar-refractivity contribution < 1.29 is 50.6 Å². The molecule has 17 heteroatoms. The van der Waals surface area contributed by atoms with Crippen molar-refractivity contribution in [3.63, 3.8) is 0 Å². The molecular formula is C39H47F2N5O9S. The van der Waals surface area contributed by atoms with E-state index >= 15 is 0 Å². The Balaban J connectivity index is 1.27. The molecule has 0 aromatic heterocycles. The quantitative estimate of drug-likeness (QED) is 0.368. The fraction of sp³-hybridized carbons (Fsp3) is 0.513. The number of carbonyl (C=O) groups excluding carboxylic acids is 5. The van der Waals surface area contributed by atoms with Crippen LogP contribution in [0.15, 0.2) is 53.4 Å². The summed E-state index contributed by atoms with van der Waals surface area (Å²) in [7, 11) is -4.57. The minimum Gasteiger partial charge on any atom is -0.444 e. The van der Waals surface area contributed by atoms with E-state index in [0.29, 0.717) is 36.8 Å². The molecule has 1 saturated carbocycles. The molecule has 3 aliphatic heterocycles. The monoisotopic (exact) mass is 799 g/mol. The number of sulfonamides is 1. The fourth-order valence-electron chi connectivity index (χ4n) is 7.36. The number of amides is 5. The highest BCUT2D eigenvalue weighted by atomic mass is 32.2. The van der Waals surface area contributed by atoms with Gasteiger partial charge in [-0.3, -0.25) is 19.3 Å². The Labute approximate surface area is 324 Å². The molecule has 0 spiro atoms. The first-order valence-corrected chi connectivity index (χ1v) is 20.2. The second-order valence-corrected chi connectivity index (χ2v) is 17.5. The van der Waals surface area contributed by atoms with Crippen LogP contribution in [0.5, 0.6) is 0 Å². The van der Waals surface area contributed by atoms with Gasteiger partial charge in [0.05, 0.1) is 18.0 Å². The second kappa shape index (κ2) is 15.8. The van der Waals surface area contributed by atoms with Crippen LogP contribution in [0.25, 0.3) is 0 Å². The fourth-order valence-corrected chi connectivity index (χ4v) is 8.40. The first-order valence-electron chi connectivity index (χ1n) is 18.7. The van der Waals surface area contributed by atoms with Gasteiger partial charge in [-0.15, -0.1) is 0 Å². The number of ether oxygens (including phenoxy) is 2. The molecule has 6 rings (SSSR count). The maximum Gasteiger partial charge on any atom is 0.410 e. The zero-order valence-corrected chi connectivity index (χ0v) is 32.5. The average Bonchev–Trinajstić information content (AvgIpc) is 3.41. The second-order valence-electron chi connectivity index (χ2n) is 15.9. The number of nitrogens with one attached hydrogen (secondary N) is 3. The summed E-state index contributed by atoms with van der Waals surface area (Å²) in [6, 6.07) is 5.32. The van der Waals surface area contributed by atoms with Gasteiger partial charge in [0.2, 0.25) is 11.8 Å². The van der Waals surface area contributed by atoms with Crippen LogP contribution in [0.2, 0.25) is 0 Å². The zero-order chi connectivity index (χ0) is 40.6. The Hall–Kier alpha value is -5.06. The van der Waals surface area contributed by atoms with E-state index in [9.17, 15) is 41.2 Å². The lowest BCUT2D eigenvalue weighted by atomic mass is 10.0. The Morgan fingerprint density at radius 1 is 1.02 bits per heavy atom. The van der Waals surface area contributed by atoms with Gasteiger partial charge >= 0.3 is 12.2 Å². The van der Waals surface area contributed by atoms with Gasteiger partial charge in [-0.05, 0) is 82.7 Å². The zero-order valence-electron chi connectivity index (χ0n) is 31.7. The van der Waals surface area contributed by atoms with E-state index < -0.39 is 91.7 Å². The molecule has 1 aliphatic carbocycles. The molecular weight excluding hydrogens is 753 g/mol. The third-order valence-electron chi connectivity index (χ3n) is 10.5. The lowest BCUT2D eigenvalue weighted by Crippen LogP contribution is -2.58. The third-order valence-corrected chi connectivity index (χ3v) is 11.8. The van der Waals surface area contributed by atoms with Crippen LogP contribution in [0.1, 0.15) is 82.4 Å². The van der Waals surface area contributed by atoms with Gasteiger partial charge in [-0.1, -0.05) is 43.2 Å². The van der Waals surface area contributed by atoms with Crippen LogP contribution in [0.4, 0.5) is 18.4 Å². The van der Waals surface area contributed by atoms with E-state index in [-0.39, 0.29) is 44.5 Å². The first-order chi connectivity index (χ1) is 26.4. The minimum absolute atomic E-state index is 0.0346. The van der Waals surface area contributed by atoms with Crippen molar-refractivity contribution in [1.29, 1.82) is 0 Å². The summed E-state index contributed by atoms with van der Waals surface area (Å²) in [6.07, 6.45) is 3.48. The molecule has 0 radical (unpaired) electrons. The summed E-state index contributed by atoms with van der Waals surface area (Å²) in [4.78, 5) is 70.9. The molecule has 2 aromatic rings. The van der Waals surface area contributed by atoms with E-state index in [2.05, 4.69) is 10.6 Å². The van der Waals surface area contributed by atoms with Crippen molar-refractivity contribution in [2.45, 2.75) is 120 Å². The van der Waals surface area contributed by atoms with Crippen molar-refractivity contribution in [1.82, 2.24) is 25.2 Å². The summed E-state index contributed by atoms with van der Waals surface area (Å²) in [5.41, 5.74) is -1.42. The Morgan fingerprint density at radius 2 is 1.79 bits per heavy atom. The number of halogens is 2. The van der Waals surface area contributed by atoms with Crippen LogP contribution in [0, 0.1) is 24.5 Å². The van der Waals surface area contributed by atoms with Crippen LogP contribution in [0.3, 0.4) is 0 Å². The van der Waals surface area contributed by atoms with Gasteiger partial charge in [-0.2, -0.15) is 0 Å². The van der Waals surface area contributed by atoms with Gasteiger partial charge in [0, 0.05) is 24.4 Å². The summed E-state index contributed by atoms with van der Waals surface area (Å²) in [5.74, 6) is -4.36. The van der Waals surface area contributed by atoms with Gasteiger partial charge in [-0.25, -0.2) is 31.5 Å². The third kappa shape index (κ3) is 8.98. The molecule has 3 heterocycles. The smallest absolute Gasteiger partial charge is 0.410 e. The molecule has 14 nitrogen and oxygen atoms in total. The predicted molar refractivity (Wildman–Crippen MR) is 197 cm³/mol. The van der Waals surface area contributed by atoms with Gasteiger partial charge in [0.1, 0.15) is 41.0 Å². The lowest BCUT2D eigenvalue weighted by molar-refractivity contribution is -0.141. The Morgan fingerprint density at radius 3 is 2.50 bits per heavy atom. The number of rotatable bonds is 5. The van der Waals surface area contributed by atoms with Gasteiger partial charge in [0.15, 0.2) is 0 Å². The molecule has 2 fully saturated rings. The first kappa shape index (κ1) is 40.6. The van der Waals surface area contributed by atoms with Gasteiger partial charge < -0.3 is 25.0 Å². The van der Waals surface area contributed by atoms with Crippen LogP contribution >= 0.6 is 0 Å². The van der Waals surface area contributed by atoms with Crippen LogP contribution in [-0.2, 0) is 47.0 Å². The maximum atomic E-state index is 14.5. The SMILES string of the molecule is Cc1ccc(S(=O)(=O)NC(=O)[C@@]23C[C@H]2/C=C\CCCCC[C@H](NC(=O)OC(C)(C)C)C(=O)N2C[C@H](OC(=O)N4Cc5cccc(F)c5C4)C[C@H]2C(=O)N3)cc1F. The maximum absolute atomic E-state index is 14.5. The Kier molecular flexibility index (Phi) is 11.5. The summed E-state index contributed by atoms with van der Waals surface area (Å²) in [6.45, 7) is 6.29. The number of hydrogen-bond acceptors (Lipinski definition) is 9. The van der Waals surface area contributed by atoms with Crippen molar-refractivity contribution in [3.8, 4) is 0 Å². The number of aryl methyl sites for hydroxylation is 1. The van der Waals surface area contributed by atoms with E-state index in [0.717, 1.165) is 12.1 Å². The molecule has 1 saturated heterocycles. The van der Waals surface area contributed by atoms with Crippen LogP contribution < -0.4 is 15.4 Å². The lowest BCUT2D eigenvalue weighted by Gasteiger charge is -2.30. The Bertz CT molecular complexity index is 2060. The minimum atomic E-state index is -4.57. The predicted octanol–water partition coefficient (Wildman–Crippen LogP) is 4.49. The number of nitrogens with zero attached hydrogens (tertiary/aromatic N) is 2. The van der Waals surface area contributed by atoms with E-state index in [4.69, 9.17) is 9.47 Å². The number of allylic oxidation sites excluding steroid dienone is 1. The van der Waals surface area contributed by atoms with Crippen molar-refractivity contribution in [2.24, 2.45) is 5.92 Å². The summed E-state index contributed by atoms with van der Waals surface area (Å²) < 4.78 is 68.6. The topological polar surface area (TPSA) is 181 Å². The number of alkyl carbamates (subject to hydrolysis) is 1. The molecule has 2 aromatic carbocycles. The molecule has 0 unspecified atom stereocenters. The highest BCUT2D eigenvalue weighted by Gasteiger charge is 2.62. The molecule has 4 aliphatic rings. The summed E-state index contributed by atoms with van der Waals surface area (Å²) in [5, 5.41) is 5.36. The molecule has 302 valence electrons. The molecule has 5 atom stereocenters. The average molecular weight is 800 g/mol.